The molecule has 4 N–H and O–H groups in total. The van der Waals surface area contributed by atoms with Crippen molar-refractivity contribution in [2.75, 3.05) is 0 Å². The summed E-state index contributed by atoms with van der Waals surface area (Å²) < 4.78 is 5.66. The Balaban J connectivity index is 2.72. The van der Waals surface area contributed by atoms with Gasteiger partial charge in [-0.3, -0.25) is 4.79 Å². The first-order valence-corrected chi connectivity index (χ1v) is 6.85. The Bertz CT molecular complexity index is 346. The second-order valence-corrected chi connectivity index (χ2v) is 5.31. The van der Waals surface area contributed by atoms with Gasteiger partial charge in [-0.15, -0.1) is 0 Å². The largest absolute Gasteiger partial charge is 0.409 e. The van der Waals surface area contributed by atoms with Crippen LogP contribution in [0.1, 0.15) is 40.5 Å². The van der Waals surface area contributed by atoms with Crippen LogP contribution in [-0.4, -0.2) is 35.2 Å². The number of nitrogens with two attached hydrogens (primary N) is 1. The maximum atomic E-state index is 12.3. The Morgan fingerprint density at radius 3 is 2.47 bits per heavy atom. The average Bonchev–Trinajstić information content (AvgIpc) is 2.61. The first-order chi connectivity index (χ1) is 8.92. The molecule has 6 nitrogen and oxygen atoms in total. The zero-order chi connectivity index (χ0) is 14.6. The van der Waals surface area contributed by atoms with Gasteiger partial charge in [-0.25, -0.2) is 0 Å². The molecule has 1 saturated heterocycles. The van der Waals surface area contributed by atoms with Crippen molar-refractivity contribution in [3.05, 3.63) is 0 Å². The highest BCUT2D eigenvalue weighted by atomic mass is 16.5. The maximum absolute atomic E-state index is 12.3. The topological polar surface area (TPSA) is 96.9 Å². The van der Waals surface area contributed by atoms with Crippen LogP contribution >= 0.6 is 0 Å². The lowest BCUT2D eigenvalue weighted by molar-refractivity contribution is -0.127. The maximum Gasteiger partial charge on any atom is 0.226 e. The number of rotatable bonds is 5. The number of ether oxygens (including phenoxy) is 1. The van der Waals surface area contributed by atoms with E-state index in [2.05, 4.69) is 10.5 Å². The Morgan fingerprint density at radius 2 is 2.05 bits per heavy atom. The normalized spacial score (nSPS) is 33.2. The number of oxime groups is 1. The monoisotopic (exact) mass is 271 g/mol. The minimum absolute atomic E-state index is 0.0440. The summed E-state index contributed by atoms with van der Waals surface area (Å²) in [6.45, 7) is 7.87. The van der Waals surface area contributed by atoms with Gasteiger partial charge in [0.1, 0.15) is 0 Å². The second-order valence-electron chi connectivity index (χ2n) is 5.31. The molecule has 0 aromatic carbocycles. The molecule has 5 atom stereocenters. The van der Waals surface area contributed by atoms with Crippen LogP contribution in [-0.2, 0) is 9.53 Å². The molecule has 0 spiro atoms. The third kappa shape index (κ3) is 3.59. The highest BCUT2D eigenvalue weighted by molar-refractivity contribution is 5.90. The van der Waals surface area contributed by atoms with Crippen molar-refractivity contribution in [2.24, 2.45) is 22.7 Å². The summed E-state index contributed by atoms with van der Waals surface area (Å²) in [4.78, 5) is 12.3. The van der Waals surface area contributed by atoms with Gasteiger partial charge in [0.25, 0.3) is 0 Å². The third-order valence-electron chi connectivity index (χ3n) is 3.91. The van der Waals surface area contributed by atoms with E-state index >= 15 is 0 Å². The molecule has 0 bridgehead atoms. The van der Waals surface area contributed by atoms with Crippen molar-refractivity contribution in [2.45, 2.75) is 58.8 Å². The lowest BCUT2D eigenvalue weighted by Crippen LogP contribution is -2.48. The van der Waals surface area contributed by atoms with Gasteiger partial charge in [0.05, 0.1) is 24.2 Å². The zero-order valence-corrected chi connectivity index (χ0v) is 12.1. The summed E-state index contributed by atoms with van der Waals surface area (Å²) in [6, 6.07) is -0.419. The summed E-state index contributed by atoms with van der Waals surface area (Å²) in [5.41, 5.74) is 5.60. The van der Waals surface area contributed by atoms with E-state index in [9.17, 15) is 4.79 Å². The van der Waals surface area contributed by atoms with Crippen LogP contribution in [0.5, 0.6) is 0 Å². The Labute approximate surface area is 114 Å². The zero-order valence-electron chi connectivity index (χ0n) is 12.1. The molecule has 1 rings (SSSR count). The summed E-state index contributed by atoms with van der Waals surface area (Å²) in [5, 5.41) is 14.6. The molecule has 1 aliphatic heterocycles. The van der Waals surface area contributed by atoms with E-state index in [1.807, 2.05) is 27.7 Å². The number of hydrogen-bond acceptors (Lipinski definition) is 4. The molecule has 0 aromatic rings. The van der Waals surface area contributed by atoms with E-state index in [-0.39, 0.29) is 35.8 Å². The third-order valence-corrected chi connectivity index (χ3v) is 3.91. The smallest absolute Gasteiger partial charge is 0.226 e. The number of nitrogens with one attached hydrogen (secondary N) is 1. The predicted molar refractivity (Wildman–Crippen MR) is 72.9 cm³/mol. The van der Waals surface area contributed by atoms with E-state index in [0.29, 0.717) is 6.42 Å². The number of amidine groups is 1. The van der Waals surface area contributed by atoms with Crippen molar-refractivity contribution in [3.63, 3.8) is 0 Å². The average molecular weight is 271 g/mol. The molecule has 1 aliphatic rings. The molecular formula is C13H25N3O3. The second kappa shape index (κ2) is 6.75. The van der Waals surface area contributed by atoms with Crippen LogP contribution in [0.3, 0.4) is 0 Å². The minimum atomic E-state index is -0.419. The molecular weight excluding hydrogens is 246 g/mol. The molecule has 0 aliphatic carbocycles. The molecule has 1 amide bonds. The summed E-state index contributed by atoms with van der Waals surface area (Å²) in [5.74, 6) is -0.0812. The predicted octanol–water partition coefficient (Wildman–Crippen LogP) is 1.08. The van der Waals surface area contributed by atoms with Crippen LogP contribution in [0.4, 0.5) is 0 Å². The van der Waals surface area contributed by atoms with Crippen molar-refractivity contribution in [1.82, 2.24) is 5.32 Å². The number of hydrogen-bond donors (Lipinski definition) is 3. The van der Waals surface area contributed by atoms with Crippen LogP contribution in [0.15, 0.2) is 5.16 Å². The lowest BCUT2D eigenvalue weighted by atomic mass is 9.88. The molecule has 6 heteroatoms. The van der Waals surface area contributed by atoms with E-state index in [1.165, 1.54) is 0 Å². The molecule has 19 heavy (non-hydrogen) atoms. The molecule has 0 aromatic heterocycles. The van der Waals surface area contributed by atoms with E-state index in [0.717, 1.165) is 6.42 Å². The van der Waals surface area contributed by atoms with E-state index in [4.69, 9.17) is 15.7 Å². The summed E-state index contributed by atoms with van der Waals surface area (Å²) in [7, 11) is 0. The number of carbonyl (C=O) groups is 1. The minimum Gasteiger partial charge on any atom is -0.409 e. The van der Waals surface area contributed by atoms with Crippen LogP contribution in [0, 0.1) is 11.8 Å². The summed E-state index contributed by atoms with van der Waals surface area (Å²) in [6.07, 6.45) is 1.44. The number of nitrogens with zero attached hydrogens (tertiary/aromatic N) is 1. The number of carbonyl (C=O) groups excluding carboxylic acids is 1. The molecule has 5 unspecified atom stereocenters. The fourth-order valence-corrected chi connectivity index (χ4v) is 2.64. The van der Waals surface area contributed by atoms with Crippen LogP contribution < -0.4 is 11.1 Å². The van der Waals surface area contributed by atoms with Crippen molar-refractivity contribution < 1.29 is 14.7 Å². The number of amides is 1. The first kappa shape index (κ1) is 15.8. The van der Waals surface area contributed by atoms with Gasteiger partial charge in [0.15, 0.2) is 5.84 Å². The fraction of sp³-hybridized carbons (Fsp3) is 0.846. The van der Waals surface area contributed by atoms with Crippen molar-refractivity contribution >= 4 is 11.7 Å². The SMILES string of the molecule is CCCC(NC(=O)C1C(C)OC(C)C1C)C(N)=NO. The van der Waals surface area contributed by atoms with Gasteiger partial charge in [0.2, 0.25) is 5.91 Å². The Morgan fingerprint density at radius 1 is 1.42 bits per heavy atom. The summed E-state index contributed by atoms with van der Waals surface area (Å²) >= 11 is 0. The Hall–Kier alpha value is -1.30. The lowest BCUT2D eigenvalue weighted by Gasteiger charge is -2.22. The van der Waals surface area contributed by atoms with Crippen molar-refractivity contribution in [1.29, 1.82) is 0 Å². The molecule has 0 saturated carbocycles. The van der Waals surface area contributed by atoms with Gasteiger partial charge in [-0.05, 0) is 26.2 Å². The molecule has 110 valence electrons. The molecule has 1 heterocycles. The van der Waals surface area contributed by atoms with Crippen molar-refractivity contribution in [3.8, 4) is 0 Å². The van der Waals surface area contributed by atoms with Crippen LogP contribution in [0.2, 0.25) is 0 Å². The van der Waals surface area contributed by atoms with E-state index in [1.54, 1.807) is 0 Å². The standard InChI is InChI=1S/C13H25N3O3/c1-5-6-10(12(14)16-18)15-13(17)11-7(2)8(3)19-9(11)4/h7-11,18H,5-6H2,1-4H3,(H2,14,16)(H,15,17). The van der Waals surface area contributed by atoms with Gasteiger partial charge >= 0.3 is 0 Å². The van der Waals surface area contributed by atoms with Gasteiger partial charge in [-0.2, -0.15) is 0 Å². The van der Waals surface area contributed by atoms with Gasteiger partial charge < -0.3 is 21.0 Å². The highest BCUT2D eigenvalue weighted by Gasteiger charge is 2.42. The van der Waals surface area contributed by atoms with Gasteiger partial charge in [0, 0.05) is 0 Å². The molecule has 0 radical (unpaired) electrons. The Kier molecular flexibility index (Phi) is 5.60. The highest BCUT2D eigenvalue weighted by Crippen LogP contribution is 2.32. The fourth-order valence-electron chi connectivity index (χ4n) is 2.64. The van der Waals surface area contributed by atoms with Crippen LogP contribution in [0.25, 0.3) is 0 Å². The van der Waals surface area contributed by atoms with E-state index < -0.39 is 6.04 Å². The quantitative estimate of drug-likeness (QED) is 0.301. The first-order valence-electron chi connectivity index (χ1n) is 6.85. The molecule has 1 fully saturated rings. The van der Waals surface area contributed by atoms with Gasteiger partial charge in [-0.1, -0.05) is 25.4 Å².